The van der Waals surface area contributed by atoms with Crippen molar-refractivity contribution in [2.45, 2.75) is 46.1 Å². The Labute approximate surface area is 128 Å². The molecule has 1 fully saturated rings. The fourth-order valence-electron chi connectivity index (χ4n) is 3.01. The maximum atomic E-state index is 4.66. The van der Waals surface area contributed by atoms with Gasteiger partial charge in [0.2, 0.25) is 0 Å². The molecule has 0 radical (unpaired) electrons. The van der Waals surface area contributed by atoms with Gasteiger partial charge >= 0.3 is 0 Å². The minimum Gasteiger partial charge on any atom is -0.370 e. The van der Waals surface area contributed by atoms with Gasteiger partial charge in [0, 0.05) is 31.7 Å². The minimum absolute atomic E-state index is 0.636. The Morgan fingerprint density at radius 1 is 1.33 bits per heavy atom. The third kappa shape index (κ3) is 3.84. The van der Waals surface area contributed by atoms with Crippen LogP contribution < -0.4 is 10.2 Å². The first-order valence-electron chi connectivity index (χ1n) is 8.03. The van der Waals surface area contributed by atoms with E-state index in [1.807, 2.05) is 6.92 Å². The van der Waals surface area contributed by atoms with Crippen molar-refractivity contribution in [2.75, 3.05) is 43.9 Å². The summed E-state index contributed by atoms with van der Waals surface area (Å²) in [6, 6.07) is 0.636. The van der Waals surface area contributed by atoms with Crippen LogP contribution in [0.25, 0.3) is 0 Å². The van der Waals surface area contributed by atoms with Crippen LogP contribution in [0.3, 0.4) is 0 Å². The number of anilines is 2. The molecule has 2 heterocycles. The number of aromatic nitrogens is 2. The maximum Gasteiger partial charge on any atom is 0.137 e. The van der Waals surface area contributed by atoms with E-state index in [0.717, 1.165) is 42.5 Å². The van der Waals surface area contributed by atoms with E-state index in [1.54, 1.807) is 0 Å². The Morgan fingerprint density at radius 2 is 2.10 bits per heavy atom. The summed E-state index contributed by atoms with van der Waals surface area (Å²) in [7, 11) is 4.36. The van der Waals surface area contributed by atoms with Crippen LogP contribution in [0.1, 0.15) is 37.6 Å². The number of nitrogens with zero attached hydrogens (tertiary/aromatic N) is 4. The minimum atomic E-state index is 0.636. The molecule has 0 spiro atoms. The Kier molecular flexibility index (Phi) is 5.39. The van der Waals surface area contributed by atoms with Crippen LogP contribution in [0.15, 0.2) is 0 Å². The summed E-state index contributed by atoms with van der Waals surface area (Å²) in [6.45, 7) is 9.44. The van der Waals surface area contributed by atoms with Crippen molar-refractivity contribution < 1.29 is 0 Å². The normalized spacial score (nSPS) is 19.0. The van der Waals surface area contributed by atoms with Gasteiger partial charge in [-0.25, -0.2) is 9.97 Å². The molecule has 0 amide bonds. The van der Waals surface area contributed by atoms with Crippen LogP contribution >= 0.6 is 0 Å². The van der Waals surface area contributed by atoms with Gasteiger partial charge in [-0.05, 0) is 46.7 Å². The quantitative estimate of drug-likeness (QED) is 0.872. The number of likely N-dealkylation sites (tertiary alicyclic amines) is 1. The summed E-state index contributed by atoms with van der Waals surface area (Å²) in [5, 5.41) is 3.41. The molecule has 1 aliphatic rings. The summed E-state index contributed by atoms with van der Waals surface area (Å²) in [5.74, 6) is 2.87. The van der Waals surface area contributed by atoms with Crippen LogP contribution in [-0.4, -0.2) is 54.6 Å². The van der Waals surface area contributed by atoms with Gasteiger partial charge in [0.15, 0.2) is 0 Å². The highest BCUT2D eigenvalue weighted by molar-refractivity contribution is 5.58. The summed E-state index contributed by atoms with van der Waals surface area (Å²) in [6.07, 6.45) is 3.69. The van der Waals surface area contributed by atoms with Crippen LogP contribution in [-0.2, 0) is 0 Å². The first-order valence-corrected chi connectivity index (χ1v) is 8.03. The largest absolute Gasteiger partial charge is 0.370 e. The highest BCUT2D eigenvalue weighted by Gasteiger charge is 2.23. The van der Waals surface area contributed by atoms with E-state index in [9.17, 15) is 0 Å². The molecular formula is C16H29N5. The fraction of sp³-hybridized carbons (Fsp3) is 0.750. The molecule has 0 aliphatic carbocycles. The summed E-state index contributed by atoms with van der Waals surface area (Å²) < 4.78 is 0. The van der Waals surface area contributed by atoms with Gasteiger partial charge in [0.1, 0.15) is 17.5 Å². The predicted molar refractivity (Wildman–Crippen MR) is 89.2 cm³/mol. The van der Waals surface area contributed by atoms with E-state index in [0.29, 0.717) is 6.04 Å². The summed E-state index contributed by atoms with van der Waals surface area (Å²) >= 11 is 0. The lowest BCUT2D eigenvalue weighted by molar-refractivity contribution is 0.314. The summed E-state index contributed by atoms with van der Waals surface area (Å²) in [5.41, 5.74) is 1.15. The highest BCUT2D eigenvalue weighted by atomic mass is 15.2. The van der Waals surface area contributed by atoms with Gasteiger partial charge in [0.05, 0.1) is 0 Å². The average molecular weight is 291 g/mol. The molecule has 118 valence electrons. The van der Waals surface area contributed by atoms with Gasteiger partial charge in [-0.2, -0.15) is 0 Å². The lowest BCUT2D eigenvalue weighted by atomic mass is 10.2. The molecule has 0 saturated carbocycles. The number of nitrogens with one attached hydrogen (secondary N) is 1. The van der Waals surface area contributed by atoms with Gasteiger partial charge in [-0.15, -0.1) is 0 Å². The Balaban J connectivity index is 2.15. The van der Waals surface area contributed by atoms with Gasteiger partial charge in [-0.1, -0.05) is 6.92 Å². The smallest absolute Gasteiger partial charge is 0.137 e. The van der Waals surface area contributed by atoms with Crippen molar-refractivity contribution in [3.8, 4) is 0 Å². The molecule has 1 atom stereocenters. The lowest BCUT2D eigenvalue weighted by Crippen LogP contribution is -2.37. The third-order valence-corrected chi connectivity index (χ3v) is 4.29. The van der Waals surface area contributed by atoms with Crippen molar-refractivity contribution >= 4 is 11.6 Å². The standard InChI is InChI=1S/C16H29N5/c1-6-9-17-15-12(2)16(19-13(3)18-15)21(5)11-14-8-7-10-20(14)4/h14H,6-11H2,1-5H3,(H,17,18,19). The molecule has 1 unspecified atom stereocenters. The molecule has 0 bridgehead atoms. The number of likely N-dealkylation sites (N-methyl/N-ethyl adjacent to an activating group) is 2. The van der Waals surface area contributed by atoms with Gasteiger partial charge in [0.25, 0.3) is 0 Å². The fourth-order valence-corrected chi connectivity index (χ4v) is 3.01. The zero-order chi connectivity index (χ0) is 15.4. The zero-order valence-electron chi connectivity index (χ0n) is 14.1. The molecule has 1 aliphatic heterocycles. The number of hydrogen-bond donors (Lipinski definition) is 1. The first-order chi connectivity index (χ1) is 10.0. The van der Waals surface area contributed by atoms with E-state index in [4.69, 9.17) is 0 Å². The monoisotopic (exact) mass is 291 g/mol. The van der Waals surface area contributed by atoms with E-state index in [-0.39, 0.29) is 0 Å². The number of hydrogen-bond acceptors (Lipinski definition) is 5. The Morgan fingerprint density at radius 3 is 2.71 bits per heavy atom. The number of rotatable bonds is 6. The lowest BCUT2D eigenvalue weighted by Gasteiger charge is -2.28. The van der Waals surface area contributed by atoms with Crippen LogP contribution in [0.5, 0.6) is 0 Å². The van der Waals surface area contributed by atoms with Crippen molar-refractivity contribution in [2.24, 2.45) is 0 Å². The molecule has 2 rings (SSSR count). The highest BCUT2D eigenvalue weighted by Crippen LogP contribution is 2.24. The maximum absolute atomic E-state index is 4.66. The molecule has 1 saturated heterocycles. The Bertz CT molecular complexity index is 474. The summed E-state index contributed by atoms with van der Waals surface area (Å²) in [4.78, 5) is 13.9. The van der Waals surface area contributed by atoms with Crippen molar-refractivity contribution in [1.82, 2.24) is 14.9 Å². The SMILES string of the molecule is CCCNc1nc(C)nc(N(C)CC2CCCN2C)c1C. The van der Waals surface area contributed by atoms with Crippen LogP contribution in [0, 0.1) is 13.8 Å². The molecule has 1 aromatic heterocycles. The average Bonchev–Trinajstić information content (AvgIpc) is 2.84. The van der Waals surface area contributed by atoms with Gasteiger partial charge in [-0.3, -0.25) is 0 Å². The second-order valence-electron chi connectivity index (χ2n) is 6.15. The topological polar surface area (TPSA) is 44.3 Å². The third-order valence-electron chi connectivity index (χ3n) is 4.29. The molecule has 21 heavy (non-hydrogen) atoms. The van der Waals surface area contributed by atoms with Crippen LogP contribution in [0.4, 0.5) is 11.6 Å². The second-order valence-corrected chi connectivity index (χ2v) is 6.15. The molecule has 0 aromatic carbocycles. The van der Waals surface area contributed by atoms with Crippen molar-refractivity contribution in [1.29, 1.82) is 0 Å². The molecule has 5 heteroatoms. The molecular weight excluding hydrogens is 262 g/mol. The van der Waals surface area contributed by atoms with E-state index >= 15 is 0 Å². The first kappa shape index (κ1) is 16.0. The van der Waals surface area contributed by atoms with Crippen molar-refractivity contribution in [3.63, 3.8) is 0 Å². The van der Waals surface area contributed by atoms with Gasteiger partial charge < -0.3 is 15.1 Å². The number of aryl methyl sites for hydroxylation is 1. The Hall–Kier alpha value is -1.36. The molecule has 1 N–H and O–H groups in total. The zero-order valence-corrected chi connectivity index (χ0v) is 14.1. The second kappa shape index (κ2) is 7.07. The molecule has 5 nitrogen and oxygen atoms in total. The van der Waals surface area contributed by atoms with Crippen LogP contribution in [0.2, 0.25) is 0 Å². The van der Waals surface area contributed by atoms with E-state index in [2.05, 4.69) is 53.0 Å². The predicted octanol–water partition coefficient (Wildman–Crippen LogP) is 2.45. The van der Waals surface area contributed by atoms with E-state index < -0.39 is 0 Å². The molecule has 1 aromatic rings. The van der Waals surface area contributed by atoms with E-state index in [1.165, 1.54) is 19.4 Å². The van der Waals surface area contributed by atoms with Crippen molar-refractivity contribution in [3.05, 3.63) is 11.4 Å².